The first kappa shape index (κ1) is 42.3. The van der Waals surface area contributed by atoms with Crippen molar-refractivity contribution in [3.05, 3.63) is 82.7 Å². The molecule has 2 saturated carbocycles. The number of aryl methyl sites for hydroxylation is 1. The minimum atomic E-state index is -4.30. The summed E-state index contributed by atoms with van der Waals surface area (Å²) in [6.07, 6.45) is 8.10. The number of ether oxygens (including phenoxy) is 1. The lowest BCUT2D eigenvalue weighted by Gasteiger charge is -2.53. The summed E-state index contributed by atoms with van der Waals surface area (Å²) in [5.41, 5.74) is 3.31. The molecule has 3 amide bonds. The van der Waals surface area contributed by atoms with E-state index in [2.05, 4.69) is 20.3 Å². The quantitative estimate of drug-likeness (QED) is 0.166. The van der Waals surface area contributed by atoms with E-state index in [0.29, 0.717) is 33.8 Å². The van der Waals surface area contributed by atoms with E-state index >= 15 is 13.2 Å². The molecule has 2 aliphatic carbocycles. The van der Waals surface area contributed by atoms with Crippen LogP contribution < -0.4 is 20.1 Å². The molecule has 5 heterocycles. The van der Waals surface area contributed by atoms with Crippen LogP contribution in [0.2, 0.25) is 0 Å². The van der Waals surface area contributed by atoms with Crippen molar-refractivity contribution in [2.24, 2.45) is 17.6 Å². The number of nitrogens with zero attached hydrogens (tertiary/aromatic N) is 8. The smallest absolute Gasteiger partial charge is 0.329 e. The molecule has 19 heteroatoms. The number of benzene rings is 3. The predicted octanol–water partition coefficient (Wildman–Crippen LogP) is 6.88. The molecule has 2 aromatic heterocycles. The van der Waals surface area contributed by atoms with E-state index in [1.807, 2.05) is 12.1 Å². The number of nitrogens with one attached hydrogen (secondary N) is 1. The highest BCUT2D eigenvalue weighted by molar-refractivity contribution is 7.86. The van der Waals surface area contributed by atoms with Gasteiger partial charge in [0, 0.05) is 56.2 Å². The van der Waals surface area contributed by atoms with Gasteiger partial charge in [-0.3, -0.25) is 24.7 Å². The van der Waals surface area contributed by atoms with Crippen molar-refractivity contribution in [3.8, 4) is 17.6 Å². The molecule has 3 aliphatic heterocycles. The van der Waals surface area contributed by atoms with Crippen molar-refractivity contribution in [2.45, 2.75) is 94.3 Å². The number of carbonyl (C=O) groups is 2. The van der Waals surface area contributed by atoms with Crippen LogP contribution in [0.25, 0.3) is 21.9 Å². The van der Waals surface area contributed by atoms with Gasteiger partial charge in [0.1, 0.15) is 29.4 Å². The highest BCUT2D eigenvalue weighted by Crippen LogP contribution is 2.57. The van der Waals surface area contributed by atoms with Gasteiger partial charge >= 0.3 is 6.03 Å². The number of aromatic nitrogens is 4. The molecule has 3 saturated heterocycles. The highest BCUT2D eigenvalue weighted by Gasteiger charge is 2.48. The average Bonchev–Trinajstić information content (AvgIpc) is 3.81. The molecule has 15 nitrogen and oxygen atoms in total. The molecular weight excluding hydrogens is 850 g/mol. The molecule has 1 spiro atoms. The Morgan fingerprint density at radius 2 is 1.69 bits per heavy atom. The molecule has 3 N–H and O–H groups in total. The number of nitrogens with two attached hydrogens (primary N) is 1. The number of halogens is 3. The van der Waals surface area contributed by atoms with Crippen molar-refractivity contribution in [2.75, 3.05) is 31.1 Å². The minimum Gasteiger partial charge on any atom is -0.453 e. The second-order valence-corrected chi connectivity index (χ2v) is 19.6. The van der Waals surface area contributed by atoms with Crippen LogP contribution >= 0.6 is 0 Å². The van der Waals surface area contributed by atoms with Gasteiger partial charge in [0.2, 0.25) is 5.91 Å². The zero-order valence-electron chi connectivity index (χ0n) is 35.1. The summed E-state index contributed by atoms with van der Waals surface area (Å²) in [4.78, 5) is 37.8. The van der Waals surface area contributed by atoms with Crippen LogP contribution in [0.4, 0.5) is 23.8 Å². The number of imide groups is 1. The van der Waals surface area contributed by atoms with Gasteiger partial charge in [0.05, 0.1) is 28.3 Å². The monoisotopic (exact) mass is 896 g/mol. The van der Waals surface area contributed by atoms with E-state index in [9.17, 15) is 23.3 Å². The summed E-state index contributed by atoms with van der Waals surface area (Å²) in [5, 5.41) is 22.8. The number of urea groups is 1. The van der Waals surface area contributed by atoms with Crippen molar-refractivity contribution < 1.29 is 35.9 Å². The van der Waals surface area contributed by atoms with Gasteiger partial charge in [-0.05, 0) is 124 Å². The summed E-state index contributed by atoms with van der Waals surface area (Å²) in [6, 6.07) is 10.9. The van der Waals surface area contributed by atoms with E-state index in [0.717, 1.165) is 86.0 Å². The number of fused-ring (bicyclic) bond motifs is 2. The first-order chi connectivity index (χ1) is 30.7. The van der Waals surface area contributed by atoms with Gasteiger partial charge in [0.15, 0.2) is 17.4 Å². The van der Waals surface area contributed by atoms with Gasteiger partial charge in [-0.2, -0.15) is 23.1 Å². The van der Waals surface area contributed by atoms with Gasteiger partial charge < -0.3 is 9.64 Å². The van der Waals surface area contributed by atoms with E-state index in [-0.39, 0.29) is 71.8 Å². The molecule has 5 aliphatic rings. The standard InChI is InChI=1S/C45H47F3N10O5S/c1-55-39-20-30(35(48)19-31(39)43(54-55)57-14-11-40(59)53-44(57)60)25-2-4-27(5-3-25)56-16-12-45(13-17-56)21-26(22-45)38-24-51-36-9-6-28(18-37(36)52-38)63-42-32(23-49)29(7-8-34(42)47)41-33(46)10-15-58(41)64(50,61)62/h6-9,18-20,24-27,33,41H,2-5,10-17,21-22H2,1H3,(H2,50,61,62)(H,53,59,60). The lowest BCUT2D eigenvalue weighted by Crippen LogP contribution is -2.50. The van der Waals surface area contributed by atoms with E-state index in [4.69, 9.17) is 14.9 Å². The maximum absolute atomic E-state index is 15.8. The average molecular weight is 897 g/mol. The van der Waals surface area contributed by atoms with Crippen molar-refractivity contribution in [1.82, 2.24) is 34.3 Å². The number of anilines is 1. The second kappa shape index (κ2) is 16.1. The van der Waals surface area contributed by atoms with Crippen LogP contribution in [0.1, 0.15) is 104 Å². The number of carbonyl (C=O) groups excluding carboxylic acids is 2. The summed E-state index contributed by atoms with van der Waals surface area (Å²) in [5.74, 6) is -1.10. The first-order valence-electron chi connectivity index (χ1n) is 21.8. The summed E-state index contributed by atoms with van der Waals surface area (Å²) in [7, 11) is -2.52. The van der Waals surface area contributed by atoms with E-state index in [1.165, 1.54) is 17.0 Å². The minimum absolute atomic E-state index is 0.0331. The maximum atomic E-state index is 15.8. The normalized spacial score (nSPS) is 24.6. The zero-order valence-corrected chi connectivity index (χ0v) is 36.0. The fraction of sp³-hybridized carbons (Fsp3) is 0.467. The van der Waals surface area contributed by atoms with Crippen LogP contribution in [0.5, 0.6) is 11.5 Å². The molecule has 334 valence electrons. The van der Waals surface area contributed by atoms with Gasteiger partial charge in [-0.15, -0.1) is 0 Å². The molecule has 64 heavy (non-hydrogen) atoms. The Labute approximate surface area is 367 Å². The Kier molecular flexibility index (Phi) is 10.6. The van der Waals surface area contributed by atoms with Crippen LogP contribution in [0.3, 0.4) is 0 Å². The largest absolute Gasteiger partial charge is 0.453 e. The molecule has 10 rings (SSSR count). The first-order valence-corrected chi connectivity index (χ1v) is 23.3. The molecule has 5 aromatic rings. The fourth-order valence-corrected chi connectivity index (χ4v) is 12.0. The molecule has 2 atom stereocenters. The maximum Gasteiger partial charge on any atom is 0.329 e. The lowest BCUT2D eigenvalue weighted by atomic mass is 9.56. The second-order valence-electron chi connectivity index (χ2n) is 18.1. The molecule has 3 aromatic carbocycles. The van der Waals surface area contributed by atoms with Crippen LogP contribution in [-0.4, -0.2) is 87.7 Å². The third-order valence-electron chi connectivity index (χ3n) is 14.5. The fourth-order valence-electron chi connectivity index (χ4n) is 11.1. The number of hydrogen-bond donors (Lipinski definition) is 2. The summed E-state index contributed by atoms with van der Waals surface area (Å²) >= 11 is 0. The van der Waals surface area contributed by atoms with Crippen LogP contribution in [0, 0.1) is 28.4 Å². The van der Waals surface area contributed by atoms with Crippen LogP contribution in [0.15, 0.2) is 48.7 Å². The number of rotatable bonds is 8. The molecule has 5 fully saturated rings. The number of piperidine rings is 1. The SMILES string of the molecule is Cn1nc(N2CCC(=O)NC2=O)c2cc(F)c(C3CCC(N4CCC5(CC4)CC(c4cnc6ccc(Oc7c(F)ccc(C8C(F)CCN8S(N)(=O)=O)c7C#N)cc6n4)C5)CC3)cc21. The third-order valence-corrected chi connectivity index (χ3v) is 15.5. The Morgan fingerprint density at radius 3 is 2.41 bits per heavy atom. The molecular formula is C45H47F3N10O5S. The number of likely N-dealkylation sites (tertiary alicyclic amines) is 1. The van der Waals surface area contributed by atoms with Gasteiger partial charge in [-0.1, -0.05) is 6.07 Å². The third kappa shape index (κ3) is 7.53. The lowest BCUT2D eigenvalue weighted by molar-refractivity contribution is -0.120. The van der Waals surface area contributed by atoms with Crippen molar-refractivity contribution in [3.63, 3.8) is 0 Å². The van der Waals surface area contributed by atoms with Gasteiger partial charge in [-0.25, -0.2) is 28.1 Å². The number of nitriles is 1. The van der Waals surface area contributed by atoms with Crippen molar-refractivity contribution in [1.29, 1.82) is 5.26 Å². The summed E-state index contributed by atoms with van der Waals surface area (Å²) < 4.78 is 79.0. The van der Waals surface area contributed by atoms with Gasteiger partial charge in [0.25, 0.3) is 10.2 Å². The Bertz CT molecular complexity index is 2870. The topological polar surface area (TPSA) is 193 Å². The van der Waals surface area contributed by atoms with E-state index < -0.39 is 40.0 Å². The highest BCUT2D eigenvalue weighted by atomic mass is 32.2. The zero-order chi connectivity index (χ0) is 44.7. The number of amides is 3. The number of hydrogen-bond acceptors (Lipinski definition) is 10. The van der Waals surface area contributed by atoms with Crippen LogP contribution in [-0.2, 0) is 22.1 Å². The summed E-state index contributed by atoms with van der Waals surface area (Å²) in [6.45, 7) is 2.04. The van der Waals surface area contributed by atoms with Crippen molar-refractivity contribution >= 4 is 49.9 Å². The Morgan fingerprint density at radius 1 is 0.922 bits per heavy atom. The number of alkyl halides is 1. The molecule has 0 radical (unpaired) electrons. The molecule has 0 bridgehead atoms. The predicted molar refractivity (Wildman–Crippen MR) is 229 cm³/mol. The Balaban J connectivity index is 0.760. The molecule has 2 unspecified atom stereocenters. The van der Waals surface area contributed by atoms with E-state index in [1.54, 1.807) is 36.1 Å². The Hall–Kier alpha value is -5.68.